The fourth-order valence-corrected chi connectivity index (χ4v) is 2.93. The van der Waals surface area contributed by atoms with E-state index in [-0.39, 0.29) is 25.5 Å². The van der Waals surface area contributed by atoms with E-state index in [1.807, 2.05) is 30.3 Å². The van der Waals surface area contributed by atoms with Crippen molar-refractivity contribution in [3.63, 3.8) is 0 Å². The summed E-state index contributed by atoms with van der Waals surface area (Å²) >= 11 is 0. The molecule has 0 saturated carbocycles. The van der Waals surface area contributed by atoms with Gasteiger partial charge in [-0.1, -0.05) is 44.2 Å². The zero-order valence-corrected chi connectivity index (χ0v) is 22.6. The van der Waals surface area contributed by atoms with Crippen LogP contribution in [0.1, 0.15) is 67.4 Å². The van der Waals surface area contributed by atoms with E-state index in [0.29, 0.717) is 0 Å². The molecule has 10 heteroatoms. The fraction of sp³-hybridized carbons (Fsp3) is 0.615. The van der Waals surface area contributed by atoms with Crippen LogP contribution in [0.3, 0.4) is 0 Å². The topological polar surface area (TPSA) is 132 Å². The number of nitrogens with one attached hydrogen (secondary N) is 3. The first-order valence-electron chi connectivity index (χ1n) is 12.0. The number of hydrogen-bond acceptors (Lipinski definition) is 7. The Morgan fingerprint density at radius 3 is 1.94 bits per heavy atom. The van der Waals surface area contributed by atoms with E-state index in [4.69, 9.17) is 14.2 Å². The zero-order chi connectivity index (χ0) is 27.5. The van der Waals surface area contributed by atoms with Crippen LogP contribution >= 0.6 is 0 Å². The lowest BCUT2D eigenvalue weighted by Gasteiger charge is -2.28. The molecule has 202 valence electrons. The van der Waals surface area contributed by atoms with Gasteiger partial charge >= 0.3 is 18.2 Å². The third-order valence-electron chi connectivity index (χ3n) is 4.55. The molecule has 36 heavy (non-hydrogen) atoms. The first-order valence-corrected chi connectivity index (χ1v) is 12.0. The summed E-state index contributed by atoms with van der Waals surface area (Å²) in [6, 6.07) is 7.18. The van der Waals surface area contributed by atoms with Gasteiger partial charge in [0, 0.05) is 6.54 Å². The molecule has 0 fully saturated rings. The van der Waals surface area contributed by atoms with Gasteiger partial charge in [-0.15, -0.1) is 0 Å². The van der Waals surface area contributed by atoms with Gasteiger partial charge in [-0.3, -0.25) is 4.79 Å². The second kappa shape index (κ2) is 13.7. The Balaban J connectivity index is 2.81. The predicted octanol–water partition coefficient (Wildman–Crippen LogP) is 3.68. The number of carbonyl (C=O) groups is 4. The minimum absolute atomic E-state index is 0.0281. The van der Waals surface area contributed by atoms with Gasteiger partial charge in [0.1, 0.15) is 29.9 Å². The monoisotopic (exact) mass is 507 g/mol. The molecule has 0 radical (unpaired) electrons. The van der Waals surface area contributed by atoms with Crippen molar-refractivity contribution in [2.24, 2.45) is 5.92 Å². The molecule has 1 aromatic carbocycles. The fourth-order valence-electron chi connectivity index (χ4n) is 2.93. The minimum atomic E-state index is -1.09. The minimum Gasteiger partial charge on any atom is -0.458 e. The van der Waals surface area contributed by atoms with Crippen LogP contribution in [0.15, 0.2) is 30.3 Å². The SMILES string of the molecule is CC(C)[C@H](NC(=O)[C@@H](CCNC(=O)OCc1ccccc1)NC(=O)OC(C)(C)C)C(=O)OC(C)(C)C. The predicted molar refractivity (Wildman–Crippen MR) is 135 cm³/mol. The summed E-state index contributed by atoms with van der Waals surface area (Å²) in [7, 11) is 0. The molecule has 2 atom stereocenters. The Bertz CT molecular complexity index is 874. The molecule has 1 aromatic rings. The lowest BCUT2D eigenvalue weighted by atomic mass is 10.0. The van der Waals surface area contributed by atoms with Crippen molar-refractivity contribution >= 4 is 24.1 Å². The van der Waals surface area contributed by atoms with Crippen molar-refractivity contribution in [3.05, 3.63) is 35.9 Å². The van der Waals surface area contributed by atoms with Crippen LogP contribution in [0, 0.1) is 5.92 Å². The molecule has 0 bridgehead atoms. The Labute approximate surface area is 213 Å². The molecule has 0 saturated heterocycles. The molecule has 0 aliphatic heterocycles. The maximum absolute atomic E-state index is 13.1. The van der Waals surface area contributed by atoms with Crippen molar-refractivity contribution in [2.45, 2.75) is 91.7 Å². The van der Waals surface area contributed by atoms with Gasteiger partial charge in [0.2, 0.25) is 5.91 Å². The number of alkyl carbamates (subject to hydrolysis) is 2. The number of amides is 3. The van der Waals surface area contributed by atoms with Crippen LogP contribution in [0.2, 0.25) is 0 Å². The van der Waals surface area contributed by atoms with Crippen LogP contribution in [-0.4, -0.2) is 53.9 Å². The highest BCUT2D eigenvalue weighted by Gasteiger charge is 2.32. The van der Waals surface area contributed by atoms with E-state index < -0.39 is 47.3 Å². The number of hydrogen-bond donors (Lipinski definition) is 3. The summed E-state index contributed by atoms with van der Waals surface area (Å²) in [5, 5.41) is 7.75. The van der Waals surface area contributed by atoms with E-state index in [9.17, 15) is 19.2 Å². The summed E-state index contributed by atoms with van der Waals surface area (Å²) in [5.41, 5.74) is -0.673. The Morgan fingerprint density at radius 1 is 0.833 bits per heavy atom. The average Bonchev–Trinajstić information content (AvgIpc) is 2.73. The largest absolute Gasteiger partial charge is 0.458 e. The maximum atomic E-state index is 13.1. The molecule has 0 aromatic heterocycles. The molecule has 0 unspecified atom stereocenters. The van der Waals surface area contributed by atoms with Gasteiger partial charge in [0.15, 0.2) is 0 Å². The average molecular weight is 508 g/mol. The van der Waals surface area contributed by atoms with Crippen LogP contribution in [0.25, 0.3) is 0 Å². The van der Waals surface area contributed by atoms with Crippen molar-refractivity contribution < 1.29 is 33.4 Å². The molecule has 3 amide bonds. The van der Waals surface area contributed by atoms with Crippen molar-refractivity contribution in [1.82, 2.24) is 16.0 Å². The number of rotatable bonds is 10. The van der Waals surface area contributed by atoms with Crippen molar-refractivity contribution in [2.75, 3.05) is 6.54 Å². The molecule has 0 spiro atoms. The Morgan fingerprint density at radius 2 is 1.42 bits per heavy atom. The van der Waals surface area contributed by atoms with Gasteiger partial charge < -0.3 is 30.2 Å². The standard InChI is InChI=1S/C26H41N3O7/c1-17(2)20(22(31)35-25(3,4)5)29-21(30)19(28-24(33)36-26(6,7)8)14-15-27-23(32)34-16-18-12-10-9-11-13-18/h9-13,17,19-20H,14-16H2,1-8H3,(H,27,32)(H,28,33)(H,29,30)/t19-,20+/m1/s1. The molecule has 0 heterocycles. The quantitative estimate of drug-likeness (QED) is 0.325. The lowest BCUT2D eigenvalue weighted by Crippen LogP contribution is -2.55. The number of esters is 1. The molecule has 1 rings (SSSR count). The van der Waals surface area contributed by atoms with E-state index in [0.717, 1.165) is 5.56 Å². The summed E-state index contributed by atoms with van der Waals surface area (Å²) in [6.07, 6.45) is -1.43. The molecule has 0 aliphatic carbocycles. The normalized spacial score (nSPS) is 13.2. The molecule has 10 nitrogen and oxygen atoms in total. The Hall–Kier alpha value is -3.30. The zero-order valence-electron chi connectivity index (χ0n) is 22.6. The van der Waals surface area contributed by atoms with Crippen molar-refractivity contribution in [3.8, 4) is 0 Å². The number of benzene rings is 1. The van der Waals surface area contributed by atoms with Crippen LogP contribution < -0.4 is 16.0 Å². The summed E-state index contributed by atoms with van der Waals surface area (Å²) < 4.78 is 15.9. The first-order chi connectivity index (χ1) is 16.6. The van der Waals surface area contributed by atoms with Gasteiger partial charge in [0.25, 0.3) is 0 Å². The second-order valence-electron chi connectivity index (χ2n) is 10.7. The summed E-state index contributed by atoms with van der Waals surface area (Å²) in [6.45, 7) is 14.0. The third kappa shape index (κ3) is 13.0. The molecule has 0 aliphatic rings. The van der Waals surface area contributed by atoms with E-state index in [1.54, 1.807) is 55.4 Å². The van der Waals surface area contributed by atoms with Gasteiger partial charge in [-0.05, 0) is 59.4 Å². The number of carbonyl (C=O) groups excluding carboxylic acids is 4. The first kappa shape index (κ1) is 30.7. The highest BCUT2D eigenvalue weighted by molar-refractivity contribution is 5.90. The van der Waals surface area contributed by atoms with E-state index in [2.05, 4.69) is 16.0 Å². The van der Waals surface area contributed by atoms with Crippen LogP contribution in [0.4, 0.5) is 9.59 Å². The lowest BCUT2D eigenvalue weighted by molar-refractivity contribution is -0.160. The summed E-state index contributed by atoms with van der Waals surface area (Å²) in [5.74, 6) is -1.45. The van der Waals surface area contributed by atoms with Crippen LogP contribution in [0.5, 0.6) is 0 Å². The molecular formula is C26H41N3O7. The smallest absolute Gasteiger partial charge is 0.408 e. The molecule has 3 N–H and O–H groups in total. The van der Waals surface area contributed by atoms with E-state index >= 15 is 0 Å². The van der Waals surface area contributed by atoms with Gasteiger partial charge in [-0.2, -0.15) is 0 Å². The second-order valence-corrected chi connectivity index (χ2v) is 10.7. The van der Waals surface area contributed by atoms with Crippen molar-refractivity contribution in [1.29, 1.82) is 0 Å². The maximum Gasteiger partial charge on any atom is 0.408 e. The Kier molecular flexibility index (Phi) is 11.7. The molecular weight excluding hydrogens is 466 g/mol. The summed E-state index contributed by atoms with van der Waals surface area (Å²) in [4.78, 5) is 50.1. The third-order valence-corrected chi connectivity index (χ3v) is 4.55. The van der Waals surface area contributed by atoms with Gasteiger partial charge in [-0.25, -0.2) is 14.4 Å². The highest BCUT2D eigenvalue weighted by Crippen LogP contribution is 2.13. The van der Waals surface area contributed by atoms with Gasteiger partial charge in [0.05, 0.1) is 0 Å². The van der Waals surface area contributed by atoms with E-state index in [1.165, 1.54) is 0 Å². The van der Waals surface area contributed by atoms with Crippen LogP contribution in [-0.2, 0) is 30.4 Å². The number of ether oxygens (including phenoxy) is 3. The highest BCUT2D eigenvalue weighted by atomic mass is 16.6.